The van der Waals surface area contributed by atoms with Crippen LogP contribution in [0.15, 0.2) is 6.33 Å². The van der Waals surface area contributed by atoms with Gasteiger partial charge in [0.1, 0.15) is 12.9 Å². The van der Waals surface area contributed by atoms with Crippen LogP contribution in [0.25, 0.3) is 0 Å². The summed E-state index contributed by atoms with van der Waals surface area (Å²) in [6.07, 6.45) is 2.83. The van der Waals surface area contributed by atoms with E-state index in [4.69, 9.17) is 5.11 Å². The zero-order valence-electron chi connectivity index (χ0n) is 9.30. The molecule has 1 N–H and O–H groups in total. The number of aromatic nitrogens is 3. The Kier molecular flexibility index (Phi) is 3.02. The fraction of sp³-hybridized carbons (Fsp3) is 0.800. The summed E-state index contributed by atoms with van der Waals surface area (Å²) in [7, 11) is 2.14. The summed E-state index contributed by atoms with van der Waals surface area (Å²) in [6, 6.07) is 0.429. The molecule has 2 atom stereocenters. The molecule has 1 aliphatic rings. The Balaban J connectivity index is 2.16. The number of likely N-dealkylation sites (tertiary alicyclic amines) is 1. The van der Waals surface area contributed by atoms with E-state index in [0.717, 1.165) is 19.5 Å². The van der Waals surface area contributed by atoms with Crippen molar-refractivity contribution in [2.24, 2.45) is 5.92 Å². The van der Waals surface area contributed by atoms with Crippen LogP contribution in [-0.4, -0.2) is 44.9 Å². The number of aliphatic hydroxyl groups is 1. The van der Waals surface area contributed by atoms with Gasteiger partial charge >= 0.3 is 0 Å². The lowest BCUT2D eigenvalue weighted by molar-refractivity contribution is 0.151. The highest BCUT2D eigenvalue weighted by atomic mass is 16.3. The molecule has 15 heavy (non-hydrogen) atoms. The number of piperidine rings is 1. The molecule has 0 radical (unpaired) electrons. The van der Waals surface area contributed by atoms with Gasteiger partial charge in [-0.1, -0.05) is 6.92 Å². The van der Waals surface area contributed by atoms with Crippen LogP contribution in [0.1, 0.15) is 25.2 Å². The average molecular weight is 210 g/mol. The van der Waals surface area contributed by atoms with Crippen LogP contribution >= 0.6 is 0 Å². The summed E-state index contributed by atoms with van der Waals surface area (Å²) < 4.78 is 2.03. The van der Waals surface area contributed by atoms with Gasteiger partial charge in [0.15, 0.2) is 5.82 Å². The first-order chi connectivity index (χ1) is 7.22. The Hall–Kier alpha value is -0.940. The molecule has 2 rings (SSSR count). The van der Waals surface area contributed by atoms with Crippen LogP contribution in [0.4, 0.5) is 0 Å². The SMILES string of the molecule is CC1CN(C)CCC1n1cnnc1CO. The smallest absolute Gasteiger partial charge is 0.158 e. The summed E-state index contributed by atoms with van der Waals surface area (Å²) in [5.74, 6) is 1.25. The quantitative estimate of drug-likeness (QED) is 0.762. The molecule has 2 heterocycles. The number of aliphatic hydroxyl groups excluding tert-OH is 1. The van der Waals surface area contributed by atoms with E-state index in [-0.39, 0.29) is 6.61 Å². The molecule has 0 bridgehead atoms. The second-order valence-electron chi connectivity index (χ2n) is 4.41. The van der Waals surface area contributed by atoms with Gasteiger partial charge in [0.2, 0.25) is 0 Å². The van der Waals surface area contributed by atoms with Crippen LogP contribution in [0.2, 0.25) is 0 Å². The first kappa shape index (κ1) is 10.6. The third-order valence-corrected chi connectivity index (χ3v) is 3.21. The number of hydrogen-bond donors (Lipinski definition) is 1. The van der Waals surface area contributed by atoms with E-state index in [1.54, 1.807) is 6.33 Å². The third-order valence-electron chi connectivity index (χ3n) is 3.21. The fourth-order valence-electron chi connectivity index (χ4n) is 2.41. The second-order valence-corrected chi connectivity index (χ2v) is 4.41. The van der Waals surface area contributed by atoms with Gasteiger partial charge < -0.3 is 14.6 Å². The fourth-order valence-corrected chi connectivity index (χ4v) is 2.41. The maximum Gasteiger partial charge on any atom is 0.158 e. The van der Waals surface area contributed by atoms with E-state index in [2.05, 4.69) is 29.1 Å². The Morgan fingerprint density at radius 1 is 1.60 bits per heavy atom. The van der Waals surface area contributed by atoms with E-state index in [0.29, 0.717) is 17.8 Å². The molecule has 5 heteroatoms. The number of rotatable bonds is 2. The predicted molar refractivity (Wildman–Crippen MR) is 56.3 cm³/mol. The van der Waals surface area contributed by atoms with Crippen molar-refractivity contribution in [2.45, 2.75) is 26.0 Å². The minimum absolute atomic E-state index is 0.0287. The lowest BCUT2D eigenvalue weighted by atomic mass is 9.94. The Bertz CT molecular complexity index is 325. The summed E-state index contributed by atoms with van der Waals surface area (Å²) in [5.41, 5.74) is 0. The van der Waals surface area contributed by atoms with Gasteiger partial charge in [-0.05, 0) is 25.9 Å². The monoisotopic (exact) mass is 210 g/mol. The summed E-state index contributed by atoms with van der Waals surface area (Å²) in [4.78, 5) is 2.34. The molecule has 0 aromatic carbocycles. The summed E-state index contributed by atoms with van der Waals surface area (Å²) in [5, 5.41) is 16.9. The van der Waals surface area contributed by atoms with Gasteiger partial charge in [-0.2, -0.15) is 0 Å². The third kappa shape index (κ3) is 2.03. The lowest BCUT2D eigenvalue weighted by Gasteiger charge is -2.35. The largest absolute Gasteiger partial charge is 0.388 e. The first-order valence-corrected chi connectivity index (χ1v) is 5.40. The van der Waals surface area contributed by atoms with Crippen LogP contribution in [0, 0.1) is 5.92 Å². The van der Waals surface area contributed by atoms with E-state index >= 15 is 0 Å². The molecule has 5 nitrogen and oxygen atoms in total. The van der Waals surface area contributed by atoms with Gasteiger partial charge in [-0.25, -0.2) is 0 Å². The maximum absolute atomic E-state index is 9.14. The molecule has 0 amide bonds. The predicted octanol–water partition coefficient (Wildman–Crippen LogP) is 0.283. The van der Waals surface area contributed by atoms with Gasteiger partial charge in [0.25, 0.3) is 0 Å². The van der Waals surface area contributed by atoms with Crippen LogP contribution in [0.5, 0.6) is 0 Å². The molecule has 1 aromatic heterocycles. The molecule has 1 saturated heterocycles. The van der Waals surface area contributed by atoms with Crippen molar-refractivity contribution >= 4 is 0 Å². The second kappa shape index (κ2) is 4.28. The Morgan fingerprint density at radius 2 is 2.40 bits per heavy atom. The number of hydrogen-bond acceptors (Lipinski definition) is 4. The molecule has 0 aliphatic carbocycles. The van der Waals surface area contributed by atoms with E-state index < -0.39 is 0 Å². The van der Waals surface area contributed by atoms with Gasteiger partial charge in [0, 0.05) is 12.6 Å². The summed E-state index contributed by atoms with van der Waals surface area (Å²) >= 11 is 0. The van der Waals surface area contributed by atoms with Crippen LogP contribution < -0.4 is 0 Å². The molecule has 1 aliphatic heterocycles. The summed E-state index contributed by atoms with van der Waals surface area (Å²) in [6.45, 7) is 4.40. The normalized spacial score (nSPS) is 28.2. The highest BCUT2D eigenvalue weighted by Gasteiger charge is 2.26. The van der Waals surface area contributed by atoms with Gasteiger partial charge in [-0.15, -0.1) is 10.2 Å². The zero-order valence-corrected chi connectivity index (χ0v) is 9.30. The van der Waals surface area contributed by atoms with Crippen molar-refractivity contribution < 1.29 is 5.11 Å². The molecule has 2 unspecified atom stereocenters. The Morgan fingerprint density at radius 3 is 3.07 bits per heavy atom. The molecule has 1 aromatic rings. The van der Waals surface area contributed by atoms with E-state index in [1.165, 1.54) is 0 Å². The molecular weight excluding hydrogens is 192 g/mol. The molecule has 0 saturated carbocycles. The maximum atomic E-state index is 9.14. The lowest BCUT2D eigenvalue weighted by Crippen LogP contribution is -2.38. The van der Waals surface area contributed by atoms with Crippen molar-refractivity contribution in [1.29, 1.82) is 0 Å². The van der Waals surface area contributed by atoms with Crippen molar-refractivity contribution in [2.75, 3.05) is 20.1 Å². The highest BCUT2D eigenvalue weighted by molar-refractivity contribution is 4.91. The van der Waals surface area contributed by atoms with Gasteiger partial charge in [0.05, 0.1) is 0 Å². The minimum atomic E-state index is -0.0287. The molecular formula is C10H18N4O. The van der Waals surface area contributed by atoms with Crippen LogP contribution in [-0.2, 0) is 6.61 Å². The molecule has 84 valence electrons. The number of nitrogens with zero attached hydrogens (tertiary/aromatic N) is 4. The standard InChI is InChI=1S/C10H18N4O/c1-8-5-13(2)4-3-9(8)14-7-11-12-10(14)6-15/h7-9,15H,3-6H2,1-2H3. The highest BCUT2D eigenvalue weighted by Crippen LogP contribution is 2.27. The van der Waals surface area contributed by atoms with E-state index in [9.17, 15) is 0 Å². The van der Waals surface area contributed by atoms with Crippen LogP contribution in [0.3, 0.4) is 0 Å². The average Bonchev–Trinajstić information content (AvgIpc) is 2.65. The van der Waals surface area contributed by atoms with Crippen molar-refractivity contribution in [3.63, 3.8) is 0 Å². The minimum Gasteiger partial charge on any atom is -0.388 e. The molecule has 0 spiro atoms. The van der Waals surface area contributed by atoms with Crippen molar-refractivity contribution in [3.05, 3.63) is 12.2 Å². The van der Waals surface area contributed by atoms with Crippen molar-refractivity contribution in [3.8, 4) is 0 Å². The Labute approximate surface area is 89.7 Å². The molecule has 1 fully saturated rings. The first-order valence-electron chi connectivity index (χ1n) is 5.40. The van der Waals surface area contributed by atoms with E-state index in [1.807, 2.05) is 4.57 Å². The zero-order chi connectivity index (χ0) is 10.8. The van der Waals surface area contributed by atoms with Gasteiger partial charge in [-0.3, -0.25) is 0 Å². The van der Waals surface area contributed by atoms with Crippen molar-refractivity contribution in [1.82, 2.24) is 19.7 Å². The topological polar surface area (TPSA) is 54.2 Å².